The van der Waals surface area contributed by atoms with E-state index in [0.29, 0.717) is 13.1 Å². The molecular weight excluding hydrogens is 386 g/mol. The van der Waals surface area contributed by atoms with Crippen LogP contribution in [0, 0.1) is 0 Å². The highest BCUT2D eigenvalue weighted by Gasteiger charge is 2.18. The highest BCUT2D eigenvalue weighted by Crippen LogP contribution is 2.22. The van der Waals surface area contributed by atoms with Crippen molar-refractivity contribution in [2.45, 2.75) is 45.4 Å². The van der Waals surface area contributed by atoms with Crippen LogP contribution in [0.25, 0.3) is 0 Å². The van der Waals surface area contributed by atoms with Crippen molar-refractivity contribution in [2.75, 3.05) is 45.9 Å². The molecule has 5 nitrogen and oxygen atoms in total. The number of β-amino-alcohol motifs (C(OH)–C–C–N with tert-alkyl or cyclic N) is 1. The van der Waals surface area contributed by atoms with Gasteiger partial charge in [0.1, 0.15) is 0 Å². The van der Waals surface area contributed by atoms with Gasteiger partial charge in [0.05, 0.1) is 19.3 Å². The average molecular weight is 426 g/mol. The van der Waals surface area contributed by atoms with Gasteiger partial charge in [0.25, 0.3) is 0 Å². The van der Waals surface area contributed by atoms with E-state index in [4.69, 9.17) is 4.74 Å². The lowest BCUT2D eigenvalue weighted by Gasteiger charge is -2.31. The number of hydrogen-bond donors (Lipinski definition) is 1. The van der Waals surface area contributed by atoms with Gasteiger partial charge in [0.2, 0.25) is 0 Å². The number of rotatable bonds is 10. The van der Waals surface area contributed by atoms with Gasteiger partial charge in [-0.3, -0.25) is 9.80 Å². The molecule has 5 heteroatoms. The lowest BCUT2D eigenvalue weighted by atomic mass is 9.87. The topological polar surface area (TPSA) is 40.9 Å². The quantitative estimate of drug-likeness (QED) is 0.592. The summed E-state index contributed by atoms with van der Waals surface area (Å²) in [6.45, 7) is 17.7. The number of aliphatic hydroxyl groups is 1. The minimum Gasteiger partial charge on any atom is -0.390 e. The first-order chi connectivity index (χ1) is 14.8. The van der Waals surface area contributed by atoms with Gasteiger partial charge in [-0.05, 0) is 28.7 Å². The molecule has 1 aromatic heterocycles. The first kappa shape index (κ1) is 23.7. The third kappa shape index (κ3) is 7.32. The Kier molecular flexibility index (Phi) is 8.50. The van der Waals surface area contributed by atoms with Crippen molar-refractivity contribution < 1.29 is 9.84 Å². The molecule has 0 radical (unpaired) electrons. The second kappa shape index (κ2) is 11.1. The molecular formula is C26H39N3O2. The minimum atomic E-state index is -0.383. The Morgan fingerprint density at radius 3 is 2.52 bits per heavy atom. The normalized spacial score (nSPS) is 16.5. The third-order valence-electron chi connectivity index (χ3n) is 5.91. The maximum Gasteiger partial charge on any atom is 0.0794 e. The molecule has 1 saturated heterocycles. The van der Waals surface area contributed by atoms with E-state index in [1.165, 1.54) is 16.8 Å². The van der Waals surface area contributed by atoms with Gasteiger partial charge in [-0.2, -0.15) is 0 Å². The van der Waals surface area contributed by atoms with E-state index in [-0.39, 0.29) is 11.5 Å². The van der Waals surface area contributed by atoms with Crippen molar-refractivity contribution in [2.24, 2.45) is 0 Å². The Labute approximate surface area is 187 Å². The molecule has 1 aliphatic rings. The zero-order valence-corrected chi connectivity index (χ0v) is 19.5. The molecule has 0 aliphatic carbocycles. The molecule has 1 N–H and O–H groups in total. The number of hydrogen-bond acceptors (Lipinski definition) is 4. The Hall–Kier alpha value is -1.92. The summed E-state index contributed by atoms with van der Waals surface area (Å²) in [6, 6.07) is 13.2. The van der Waals surface area contributed by atoms with Crippen molar-refractivity contribution in [3.63, 3.8) is 0 Å². The summed E-state index contributed by atoms with van der Waals surface area (Å²) in [5.74, 6) is 0. The van der Waals surface area contributed by atoms with Crippen LogP contribution >= 0.6 is 0 Å². The van der Waals surface area contributed by atoms with E-state index >= 15 is 0 Å². The number of morpholine rings is 1. The zero-order valence-electron chi connectivity index (χ0n) is 19.5. The molecule has 1 unspecified atom stereocenters. The van der Waals surface area contributed by atoms with E-state index in [1.54, 1.807) is 0 Å². The number of aromatic nitrogens is 1. The van der Waals surface area contributed by atoms with Gasteiger partial charge in [0.15, 0.2) is 0 Å². The van der Waals surface area contributed by atoms with Crippen LogP contribution in [0.1, 0.15) is 37.6 Å². The lowest BCUT2D eigenvalue weighted by Crippen LogP contribution is -2.44. The Morgan fingerprint density at radius 2 is 1.87 bits per heavy atom. The summed E-state index contributed by atoms with van der Waals surface area (Å²) in [6.07, 6.45) is 3.68. The summed E-state index contributed by atoms with van der Waals surface area (Å²) in [4.78, 5) is 4.55. The maximum atomic E-state index is 10.7. The van der Waals surface area contributed by atoms with Crippen molar-refractivity contribution in [3.8, 4) is 0 Å². The molecule has 1 aromatic carbocycles. The standard InChI is InChI=1S/C26H39N3O2/c1-5-12-28(21-25(30)20-27-14-16-31-17-15-27)19-24-7-6-13-29(24)18-22-8-10-23(11-9-22)26(2,3)4/h5-11,13,25,30H,1,12,14-21H2,2-4H3. The predicted molar refractivity (Wildman–Crippen MR) is 127 cm³/mol. The Morgan fingerprint density at radius 1 is 1.16 bits per heavy atom. The number of aliphatic hydroxyl groups excluding tert-OH is 1. The first-order valence-corrected chi connectivity index (χ1v) is 11.4. The van der Waals surface area contributed by atoms with Crippen molar-refractivity contribution >= 4 is 0 Å². The van der Waals surface area contributed by atoms with Crippen molar-refractivity contribution in [1.29, 1.82) is 0 Å². The summed E-state index contributed by atoms with van der Waals surface area (Å²) in [5.41, 5.74) is 4.08. The molecule has 0 spiro atoms. The van der Waals surface area contributed by atoms with Crippen LogP contribution < -0.4 is 0 Å². The van der Waals surface area contributed by atoms with E-state index in [9.17, 15) is 5.11 Å². The fourth-order valence-electron chi connectivity index (χ4n) is 4.11. The van der Waals surface area contributed by atoms with Crippen LogP contribution in [0.5, 0.6) is 0 Å². The summed E-state index contributed by atoms with van der Waals surface area (Å²) in [5, 5.41) is 10.7. The largest absolute Gasteiger partial charge is 0.390 e. The molecule has 0 saturated carbocycles. The van der Waals surface area contributed by atoms with Crippen LogP contribution in [0.15, 0.2) is 55.3 Å². The fraction of sp³-hybridized carbons (Fsp3) is 0.538. The minimum absolute atomic E-state index is 0.171. The molecule has 1 atom stereocenters. The summed E-state index contributed by atoms with van der Waals surface area (Å²) >= 11 is 0. The van der Waals surface area contributed by atoms with Gasteiger partial charge < -0.3 is 14.4 Å². The average Bonchev–Trinajstić information content (AvgIpc) is 3.15. The van der Waals surface area contributed by atoms with E-state index < -0.39 is 0 Å². The molecule has 170 valence electrons. The lowest BCUT2D eigenvalue weighted by molar-refractivity contribution is 0.00705. The fourth-order valence-corrected chi connectivity index (χ4v) is 4.11. The molecule has 0 bridgehead atoms. The Bertz CT molecular complexity index is 801. The maximum absolute atomic E-state index is 10.7. The van der Waals surface area contributed by atoms with Gasteiger partial charge in [-0.1, -0.05) is 51.1 Å². The first-order valence-electron chi connectivity index (χ1n) is 11.4. The number of ether oxygens (including phenoxy) is 1. The SMILES string of the molecule is C=CCN(Cc1cccn1Cc1ccc(C(C)(C)C)cc1)CC(O)CN1CCOCC1. The number of benzene rings is 1. The van der Waals surface area contributed by atoms with E-state index in [2.05, 4.69) is 84.3 Å². The van der Waals surface area contributed by atoms with Crippen LogP contribution in [0.3, 0.4) is 0 Å². The smallest absolute Gasteiger partial charge is 0.0794 e. The third-order valence-corrected chi connectivity index (χ3v) is 5.91. The zero-order chi connectivity index (χ0) is 22.3. The van der Waals surface area contributed by atoms with Crippen molar-refractivity contribution in [1.82, 2.24) is 14.4 Å². The van der Waals surface area contributed by atoms with Crippen LogP contribution in [0.2, 0.25) is 0 Å². The second-order valence-corrected chi connectivity index (χ2v) is 9.62. The van der Waals surface area contributed by atoms with Crippen LogP contribution in [0.4, 0.5) is 0 Å². The van der Waals surface area contributed by atoms with E-state index in [1.807, 2.05) is 6.08 Å². The molecule has 1 aliphatic heterocycles. The molecule has 2 aromatic rings. The van der Waals surface area contributed by atoms with Gasteiger partial charge in [-0.15, -0.1) is 6.58 Å². The van der Waals surface area contributed by atoms with Gasteiger partial charge in [-0.25, -0.2) is 0 Å². The highest BCUT2D eigenvalue weighted by atomic mass is 16.5. The number of nitrogens with zero attached hydrogens (tertiary/aromatic N) is 3. The predicted octanol–water partition coefficient (Wildman–Crippen LogP) is 3.52. The molecule has 3 rings (SSSR count). The molecule has 1 fully saturated rings. The van der Waals surface area contributed by atoms with Crippen LogP contribution in [-0.4, -0.2) is 71.5 Å². The highest BCUT2D eigenvalue weighted by molar-refractivity contribution is 5.28. The van der Waals surface area contributed by atoms with Crippen molar-refractivity contribution in [3.05, 3.63) is 72.1 Å². The monoisotopic (exact) mass is 425 g/mol. The van der Waals surface area contributed by atoms with E-state index in [0.717, 1.165) is 45.9 Å². The molecule has 31 heavy (non-hydrogen) atoms. The summed E-state index contributed by atoms with van der Waals surface area (Å²) in [7, 11) is 0. The summed E-state index contributed by atoms with van der Waals surface area (Å²) < 4.78 is 7.71. The molecule has 0 amide bonds. The molecule has 2 heterocycles. The second-order valence-electron chi connectivity index (χ2n) is 9.62. The Balaban J connectivity index is 1.60. The van der Waals surface area contributed by atoms with Gasteiger partial charge in [0, 0.05) is 57.7 Å². The van der Waals surface area contributed by atoms with Crippen LogP contribution in [-0.2, 0) is 23.2 Å². The van der Waals surface area contributed by atoms with Gasteiger partial charge >= 0.3 is 0 Å².